The van der Waals surface area contributed by atoms with Gasteiger partial charge in [0.05, 0.1) is 0 Å². The van der Waals surface area contributed by atoms with Crippen molar-refractivity contribution in [3.63, 3.8) is 0 Å². The highest BCUT2D eigenvalue weighted by Crippen LogP contribution is 2.24. The highest BCUT2D eigenvalue weighted by Gasteiger charge is 2.14. The summed E-state index contributed by atoms with van der Waals surface area (Å²) in [4.78, 5) is 21.3. The fraction of sp³-hybridized carbons (Fsp3) is 0.385. The average molecular weight is 288 g/mol. The normalized spacial score (nSPS) is 10.5. The number of thioether (sulfide) groups is 1. The van der Waals surface area contributed by atoms with Crippen molar-refractivity contribution in [2.45, 2.75) is 31.9 Å². The molecule has 104 valence electrons. The summed E-state index contributed by atoms with van der Waals surface area (Å²) in [5, 5.41) is 8.37. The summed E-state index contributed by atoms with van der Waals surface area (Å²) in [6.45, 7) is 1.35. The van der Waals surface area contributed by atoms with Crippen molar-refractivity contribution >= 4 is 22.8 Å². The minimum atomic E-state index is -0.957. The Bertz CT molecular complexity index is 489. The van der Waals surface area contributed by atoms with Crippen LogP contribution in [0.2, 0.25) is 0 Å². The number of aliphatic carboxylic acids is 1. The number of rotatable bonds is 6. The molecule has 1 rings (SSSR count). The highest BCUT2D eigenvalue weighted by molar-refractivity contribution is 8.12. The van der Waals surface area contributed by atoms with Crippen LogP contribution in [-0.2, 0) is 21.8 Å². The van der Waals surface area contributed by atoms with Gasteiger partial charge in [-0.15, -0.1) is 0 Å². The maximum absolute atomic E-state index is 13.7. The molecule has 1 aromatic carbocycles. The number of hydrogen-bond acceptors (Lipinski definition) is 3. The molecule has 0 aliphatic heterocycles. The number of halogens is 2. The van der Waals surface area contributed by atoms with E-state index in [0.29, 0.717) is 18.4 Å². The topological polar surface area (TPSA) is 54.4 Å². The van der Waals surface area contributed by atoms with Gasteiger partial charge in [-0.2, -0.15) is 0 Å². The van der Waals surface area contributed by atoms with Crippen LogP contribution < -0.4 is 0 Å². The molecule has 1 aromatic rings. The Morgan fingerprint density at radius 2 is 2.00 bits per heavy atom. The Labute approximate surface area is 114 Å². The van der Waals surface area contributed by atoms with E-state index >= 15 is 0 Å². The van der Waals surface area contributed by atoms with Gasteiger partial charge in [-0.25, -0.2) is 8.78 Å². The second-order valence-electron chi connectivity index (χ2n) is 4.03. The molecule has 0 amide bonds. The summed E-state index contributed by atoms with van der Waals surface area (Å²) in [6.07, 6.45) is 0.660. The van der Waals surface area contributed by atoms with Crippen molar-refractivity contribution in [1.82, 2.24) is 0 Å². The molecule has 0 aromatic heterocycles. The molecular weight excluding hydrogens is 274 g/mol. The lowest BCUT2D eigenvalue weighted by atomic mass is 10.0. The van der Waals surface area contributed by atoms with Crippen LogP contribution in [-0.4, -0.2) is 16.2 Å². The summed E-state index contributed by atoms with van der Waals surface area (Å²) in [6, 6.07) is 2.46. The first-order chi connectivity index (χ1) is 8.91. The fourth-order valence-corrected chi connectivity index (χ4v) is 2.29. The van der Waals surface area contributed by atoms with Crippen LogP contribution in [0.15, 0.2) is 12.1 Å². The first-order valence-corrected chi connectivity index (χ1v) is 6.71. The van der Waals surface area contributed by atoms with Gasteiger partial charge in [0.1, 0.15) is 0 Å². The molecule has 0 aliphatic rings. The summed E-state index contributed by atoms with van der Waals surface area (Å²) in [5.41, 5.74) is 0.694. The molecule has 6 heteroatoms. The number of benzene rings is 1. The maximum Gasteiger partial charge on any atom is 0.303 e. The van der Waals surface area contributed by atoms with E-state index in [1.54, 1.807) is 0 Å². The zero-order chi connectivity index (χ0) is 14.4. The van der Waals surface area contributed by atoms with E-state index in [1.165, 1.54) is 13.0 Å². The van der Waals surface area contributed by atoms with Crippen LogP contribution in [0, 0.1) is 11.6 Å². The number of carboxylic acids is 1. The van der Waals surface area contributed by atoms with Crippen LogP contribution in [0.25, 0.3) is 0 Å². The summed E-state index contributed by atoms with van der Waals surface area (Å²) < 4.78 is 26.9. The Kier molecular flexibility index (Phi) is 5.95. The van der Waals surface area contributed by atoms with Crippen molar-refractivity contribution in [3.8, 4) is 0 Å². The van der Waals surface area contributed by atoms with Crippen molar-refractivity contribution in [2.24, 2.45) is 0 Å². The third-order valence-electron chi connectivity index (χ3n) is 2.55. The number of carboxylic acid groups (broad SMARTS) is 1. The molecule has 0 aliphatic carbocycles. The lowest BCUT2D eigenvalue weighted by molar-refractivity contribution is -0.137. The predicted octanol–water partition coefficient (Wildman–Crippen LogP) is 3.15. The van der Waals surface area contributed by atoms with Gasteiger partial charge in [0, 0.05) is 24.7 Å². The number of hydrogen-bond donors (Lipinski definition) is 1. The first kappa shape index (κ1) is 15.6. The quantitative estimate of drug-likeness (QED) is 0.873. The highest BCUT2D eigenvalue weighted by atomic mass is 32.2. The Balaban J connectivity index is 2.86. The molecule has 0 unspecified atom stereocenters. The van der Waals surface area contributed by atoms with E-state index in [4.69, 9.17) is 5.11 Å². The summed E-state index contributed by atoms with van der Waals surface area (Å²) in [5.74, 6) is -2.79. The Morgan fingerprint density at radius 1 is 1.32 bits per heavy atom. The molecular formula is C13H14F2O3S. The largest absolute Gasteiger partial charge is 0.481 e. The average Bonchev–Trinajstić information content (AvgIpc) is 2.32. The number of carbonyl (C=O) groups is 2. The van der Waals surface area contributed by atoms with Gasteiger partial charge in [-0.1, -0.05) is 17.8 Å². The lowest BCUT2D eigenvalue weighted by Gasteiger charge is -2.10. The molecule has 0 spiro atoms. The maximum atomic E-state index is 13.7. The van der Waals surface area contributed by atoms with E-state index in [9.17, 15) is 18.4 Å². The van der Waals surface area contributed by atoms with E-state index < -0.39 is 17.6 Å². The van der Waals surface area contributed by atoms with Crippen LogP contribution in [0.3, 0.4) is 0 Å². The van der Waals surface area contributed by atoms with Crippen LogP contribution >= 0.6 is 11.8 Å². The zero-order valence-corrected chi connectivity index (χ0v) is 11.2. The summed E-state index contributed by atoms with van der Waals surface area (Å²) >= 11 is 0.899. The molecule has 0 saturated heterocycles. The van der Waals surface area contributed by atoms with Crippen molar-refractivity contribution in [1.29, 1.82) is 0 Å². The third-order valence-corrected chi connectivity index (χ3v) is 3.39. The first-order valence-electron chi connectivity index (χ1n) is 5.72. The lowest BCUT2D eigenvalue weighted by Crippen LogP contribution is -2.03. The molecule has 3 nitrogen and oxygen atoms in total. The minimum Gasteiger partial charge on any atom is -0.481 e. The molecule has 0 heterocycles. The molecule has 0 atom stereocenters. The SMILES string of the molecule is CC(=O)SCc1c(CCCC(=O)O)ccc(F)c1F. The van der Waals surface area contributed by atoms with Crippen molar-refractivity contribution in [3.05, 3.63) is 34.9 Å². The molecule has 0 saturated carbocycles. The van der Waals surface area contributed by atoms with Gasteiger partial charge in [-0.3, -0.25) is 9.59 Å². The molecule has 0 radical (unpaired) electrons. The van der Waals surface area contributed by atoms with Gasteiger partial charge in [-0.05, 0) is 24.5 Å². The van der Waals surface area contributed by atoms with Gasteiger partial charge in [0.2, 0.25) is 0 Å². The zero-order valence-electron chi connectivity index (χ0n) is 10.4. The third kappa shape index (κ3) is 4.98. The molecule has 1 N–H and O–H groups in total. The van der Waals surface area contributed by atoms with Gasteiger partial charge < -0.3 is 5.11 Å². The predicted molar refractivity (Wildman–Crippen MR) is 68.9 cm³/mol. The van der Waals surface area contributed by atoms with Gasteiger partial charge >= 0.3 is 5.97 Å². The van der Waals surface area contributed by atoms with Crippen LogP contribution in [0.1, 0.15) is 30.9 Å². The second kappa shape index (κ2) is 7.23. The molecule has 0 bridgehead atoms. The Morgan fingerprint density at radius 3 is 2.58 bits per heavy atom. The molecule has 0 fully saturated rings. The van der Waals surface area contributed by atoms with Crippen LogP contribution in [0.5, 0.6) is 0 Å². The van der Waals surface area contributed by atoms with E-state index in [0.717, 1.165) is 17.8 Å². The minimum absolute atomic E-state index is 0.0295. The number of carbonyl (C=O) groups excluding carboxylic acids is 1. The number of aryl methyl sites for hydroxylation is 1. The Hall–Kier alpha value is -1.43. The van der Waals surface area contributed by atoms with E-state index in [-0.39, 0.29) is 22.9 Å². The van der Waals surface area contributed by atoms with E-state index in [1.807, 2.05) is 0 Å². The van der Waals surface area contributed by atoms with Crippen molar-refractivity contribution in [2.75, 3.05) is 0 Å². The van der Waals surface area contributed by atoms with E-state index in [2.05, 4.69) is 0 Å². The van der Waals surface area contributed by atoms with Crippen molar-refractivity contribution < 1.29 is 23.5 Å². The van der Waals surface area contributed by atoms with Gasteiger partial charge in [0.15, 0.2) is 16.7 Å². The van der Waals surface area contributed by atoms with Gasteiger partial charge in [0.25, 0.3) is 0 Å². The summed E-state index contributed by atoms with van der Waals surface area (Å²) in [7, 11) is 0. The second-order valence-corrected chi connectivity index (χ2v) is 5.18. The fourth-order valence-electron chi connectivity index (χ4n) is 1.63. The van der Waals surface area contributed by atoms with Crippen LogP contribution in [0.4, 0.5) is 8.78 Å². The molecule has 19 heavy (non-hydrogen) atoms. The monoisotopic (exact) mass is 288 g/mol. The smallest absolute Gasteiger partial charge is 0.303 e. The standard InChI is InChI=1S/C13H14F2O3S/c1-8(16)19-7-10-9(3-2-4-12(17)18)5-6-11(14)13(10)15/h5-6H,2-4,7H2,1H3,(H,17,18).